The molecule has 2 aromatic carbocycles. The summed E-state index contributed by atoms with van der Waals surface area (Å²) in [5.41, 5.74) is 1.46. The van der Waals surface area contributed by atoms with Gasteiger partial charge in [-0.05, 0) is 53.7 Å². The van der Waals surface area contributed by atoms with Crippen LogP contribution >= 0.6 is 23.4 Å². The quantitative estimate of drug-likeness (QED) is 0.580. The predicted molar refractivity (Wildman–Crippen MR) is 112 cm³/mol. The molecule has 1 fully saturated rings. The molecule has 0 unspecified atom stereocenters. The normalized spacial score (nSPS) is 16.5. The van der Waals surface area contributed by atoms with Crippen molar-refractivity contribution >= 4 is 58.1 Å². The number of ether oxygens (including phenoxy) is 1. The summed E-state index contributed by atoms with van der Waals surface area (Å²) in [4.78, 5) is 41.5. The van der Waals surface area contributed by atoms with E-state index in [9.17, 15) is 19.5 Å². The second-order valence-corrected chi connectivity index (χ2v) is 7.37. The van der Waals surface area contributed by atoms with Crippen LogP contribution in [-0.4, -0.2) is 47.2 Å². The second-order valence-electron chi connectivity index (χ2n) is 5.95. The third-order valence-electron chi connectivity index (χ3n) is 4.04. The average molecular weight is 431 g/mol. The van der Waals surface area contributed by atoms with Gasteiger partial charge in [-0.3, -0.25) is 9.69 Å². The molecule has 1 saturated heterocycles. The summed E-state index contributed by atoms with van der Waals surface area (Å²) in [6.07, 6.45) is 1.69. The Morgan fingerprint density at radius 2 is 1.90 bits per heavy atom. The lowest BCUT2D eigenvalue weighted by Gasteiger charge is -2.07. The zero-order chi connectivity index (χ0) is 21.1. The maximum Gasteiger partial charge on any atom is 0.337 e. The molecule has 7 nitrogen and oxygen atoms in total. The summed E-state index contributed by atoms with van der Waals surface area (Å²) < 4.78 is 4.66. The lowest BCUT2D eigenvalue weighted by Crippen LogP contribution is -2.23. The molecule has 0 radical (unpaired) electrons. The van der Waals surface area contributed by atoms with Crippen LogP contribution in [0.3, 0.4) is 0 Å². The Morgan fingerprint density at radius 1 is 1.21 bits per heavy atom. The molecule has 2 aromatic rings. The molecule has 0 bridgehead atoms. The van der Waals surface area contributed by atoms with Gasteiger partial charge in [0.2, 0.25) is 0 Å². The third kappa shape index (κ3) is 4.49. The molecule has 1 aliphatic heterocycles. The Morgan fingerprint density at radius 3 is 2.52 bits per heavy atom. The number of nitrogens with zero attached hydrogens (tertiary/aromatic N) is 2. The largest absolute Gasteiger partial charge is 0.478 e. The molecule has 3 rings (SSSR count). The summed E-state index contributed by atoms with van der Waals surface area (Å²) in [5, 5.41) is 9.70. The van der Waals surface area contributed by atoms with Gasteiger partial charge in [0.25, 0.3) is 5.91 Å². The van der Waals surface area contributed by atoms with Gasteiger partial charge in [-0.1, -0.05) is 23.7 Å². The van der Waals surface area contributed by atoms with Crippen molar-refractivity contribution in [3.05, 3.63) is 69.1 Å². The number of carboxylic acids is 1. The molecule has 0 aliphatic carbocycles. The molecular weight excluding hydrogens is 416 g/mol. The Hall–Kier alpha value is -3.10. The molecule has 0 atom stereocenters. The molecule has 29 heavy (non-hydrogen) atoms. The van der Waals surface area contributed by atoms with E-state index in [1.165, 1.54) is 35.9 Å². The fourth-order valence-corrected chi connectivity index (χ4v) is 3.68. The van der Waals surface area contributed by atoms with Crippen LogP contribution in [0.25, 0.3) is 6.08 Å². The molecule has 1 amide bonds. The molecule has 1 N–H and O–H groups in total. The van der Waals surface area contributed by atoms with Crippen LogP contribution in [0, 0.1) is 0 Å². The number of amides is 1. The third-order valence-corrected chi connectivity index (χ3v) is 5.43. The van der Waals surface area contributed by atoms with Crippen molar-refractivity contribution in [1.82, 2.24) is 4.90 Å². The van der Waals surface area contributed by atoms with Gasteiger partial charge in [0.05, 0.1) is 33.9 Å². The Bertz CT molecular complexity index is 1060. The van der Waals surface area contributed by atoms with Crippen LogP contribution in [0.4, 0.5) is 5.69 Å². The molecule has 0 spiro atoms. The minimum Gasteiger partial charge on any atom is -0.478 e. The van der Waals surface area contributed by atoms with Gasteiger partial charge in [0.1, 0.15) is 0 Å². The number of benzene rings is 2. The van der Waals surface area contributed by atoms with Gasteiger partial charge in [-0.25, -0.2) is 14.6 Å². The van der Waals surface area contributed by atoms with Gasteiger partial charge in [0.15, 0.2) is 5.17 Å². The van der Waals surface area contributed by atoms with Crippen molar-refractivity contribution in [2.24, 2.45) is 4.99 Å². The fourth-order valence-electron chi connectivity index (χ4n) is 2.49. The van der Waals surface area contributed by atoms with Gasteiger partial charge in [-0.2, -0.15) is 0 Å². The Labute approximate surface area is 175 Å². The van der Waals surface area contributed by atoms with Crippen molar-refractivity contribution in [1.29, 1.82) is 0 Å². The molecule has 1 aliphatic rings. The van der Waals surface area contributed by atoms with E-state index in [0.29, 0.717) is 21.3 Å². The highest BCUT2D eigenvalue weighted by Gasteiger charge is 2.30. The van der Waals surface area contributed by atoms with E-state index < -0.39 is 11.9 Å². The van der Waals surface area contributed by atoms with E-state index in [1.807, 2.05) is 0 Å². The van der Waals surface area contributed by atoms with E-state index in [1.54, 1.807) is 43.5 Å². The number of rotatable bonds is 4. The summed E-state index contributed by atoms with van der Waals surface area (Å²) in [5.74, 6) is -1.83. The minimum atomic E-state index is -1.16. The number of halogens is 1. The standard InChI is InChI=1S/C20H15ClN2O5S/c1-23-17(24)16(9-11-3-5-12(6-4-11)19(27)28-2)29-20(23)22-13-7-8-15(21)14(10-13)18(25)26/h3-10H,1-2H3,(H,25,26)/b16-9+,22-20?. The van der Waals surface area contributed by atoms with Crippen LogP contribution in [0.1, 0.15) is 26.3 Å². The van der Waals surface area contributed by atoms with E-state index in [2.05, 4.69) is 9.73 Å². The highest BCUT2D eigenvalue weighted by atomic mass is 35.5. The van der Waals surface area contributed by atoms with Crippen molar-refractivity contribution in [3.63, 3.8) is 0 Å². The molecule has 1 heterocycles. The maximum absolute atomic E-state index is 12.5. The molecule has 0 saturated carbocycles. The van der Waals surface area contributed by atoms with Crippen LogP contribution in [0.5, 0.6) is 0 Å². The topological polar surface area (TPSA) is 96.3 Å². The number of aromatic carboxylic acids is 1. The zero-order valence-corrected chi connectivity index (χ0v) is 17.0. The summed E-state index contributed by atoms with van der Waals surface area (Å²) in [6.45, 7) is 0. The zero-order valence-electron chi connectivity index (χ0n) is 15.4. The van der Waals surface area contributed by atoms with E-state index in [-0.39, 0.29) is 16.5 Å². The summed E-state index contributed by atoms with van der Waals surface area (Å²) in [6, 6.07) is 11.0. The highest BCUT2D eigenvalue weighted by Crippen LogP contribution is 2.33. The van der Waals surface area contributed by atoms with Crippen LogP contribution in [-0.2, 0) is 9.53 Å². The van der Waals surface area contributed by atoms with E-state index in [0.717, 1.165) is 5.56 Å². The van der Waals surface area contributed by atoms with Gasteiger partial charge in [0, 0.05) is 7.05 Å². The number of likely N-dealkylation sites (N-methyl/N-ethyl adjacent to an activating group) is 1. The predicted octanol–water partition coefficient (Wildman–Crippen LogP) is 4.06. The number of hydrogen-bond acceptors (Lipinski definition) is 6. The number of carbonyl (C=O) groups is 3. The first-order chi connectivity index (χ1) is 13.8. The van der Waals surface area contributed by atoms with Gasteiger partial charge < -0.3 is 9.84 Å². The number of esters is 1. The highest BCUT2D eigenvalue weighted by molar-refractivity contribution is 8.18. The molecule has 9 heteroatoms. The minimum absolute atomic E-state index is 0.0630. The number of carboxylic acid groups (broad SMARTS) is 1. The first-order valence-electron chi connectivity index (χ1n) is 8.27. The average Bonchev–Trinajstić information content (AvgIpc) is 2.97. The van der Waals surface area contributed by atoms with Crippen molar-refractivity contribution < 1.29 is 24.2 Å². The summed E-state index contributed by atoms with van der Waals surface area (Å²) >= 11 is 7.04. The van der Waals surface area contributed by atoms with Crippen molar-refractivity contribution in [3.8, 4) is 0 Å². The SMILES string of the molecule is COC(=O)c1ccc(/C=C2/SC(=Nc3ccc(Cl)c(C(=O)O)c3)N(C)C2=O)cc1. The van der Waals surface area contributed by atoms with Crippen LogP contribution in [0.15, 0.2) is 52.4 Å². The lowest BCUT2D eigenvalue weighted by molar-refractivity contribution is -0.121. The maximum atomic E-state index is 12.5. The van der Waals surface area contributed by atoms with E-state index >= 15 is 0 Å². The van der Waals surface area contributed by atoms with Gasteiger partial charge in [-0.15, -0.1) is 0 Å². The van der Waals surface area contributed by atoms with Crippen molar-refractivity contribution in [2.75, 3.05) is 14.2 Å². The molecule has 148 valence electrons. The number of carbonyl (C=O) groups excluding carboxylic acids is 2. The van der Waals surface area contributed by atoms with E-state index in [4.69, 9.17) is 11.6 Å². The Kier molecular flexibility index (Phi) is 6.05. The second kappa shape index (κ2) is 8.50. The monoisotopic (exact) mass is 430 g/mol. The Balaban J connectivity index is 1.87. The fraction of sp³-hybridized carbons (Fsp3) is 0.100. The molecular formula is C20H15ClN2O5S. The lowest BCUT2D eigenvalue weighted by atomic mass is 10.1. The van der Waals surface area contributed by atoms with Crippen LogP contribution in [0.2, 0.25) is 5.02 Å². The summed E-state index contributed by atoms with van der Waals surface area (Å²) in [7, 11) is 2.90. The van der Waals surface area contributed by atoms with Crippen molar-refractivity contribution in [2.45, 2.75) is 0 Å². The number of thioether (sulfide) groups is 1. The smallest absolute Gasteiger partial charge is 0.337 e. The van der Waals surface area contributed by atoms with Gasteiger partial charge >= 0.3 is 11.9 Å². The number of hydrogen-bond donors (Lipinski definition) is 1. The first kappa shape index (κ1) is 20.6. The first-order valence-corrected chi connectivity index (χ1v) is 9.47. The number of methoxy groups -OCH3 is 1. The number of aliphatic imine (C=N–C) groups is 1. The number of amidine groups is 1. The van der Waals surface area contributed by atoms with Crippen LogP contribution < -0.4 is 0 Å². The molecule has 0 aromatic heterocycles.